The highest BCUT2D eigenvalue weighted by Crippen LogP contribution is 2.29. The molecule has 2 heterocycles. The second-order valence-corrected chi connectivity index (χ2v) is 9.01. The van der Waals surface area contributed by atoms with E-state index in [1.54, 1.807) is 12.3 Å². The van der Waals surface area contributed by atoms with Gasteiger partial charge in [-0.1, -0.05) is 65.0 Å². The normalized spacial score (nSPS) is 11.3. The molecule has 1 aromatic carbocycles. The van der Waals surface area contributed by atoms with Gasteiger partial charge >= 0.3 is 0 Å². The number of halogens is 1. The maximum absolute atomic E-state index is 14.9. The second kappa shape index (κ2) is 13.2. The minimum atomic E-state index is -0.103. The molecule has 176 valence electrons. The Morgan fingerprint density at radius 1 is 0.848 bits per heavy atom. The van der Waals surface area contributed by atoms with E-state index in [9.17, 15) is 4.39 Å². The van der Waals surface area contributed by atoms with E-state index in [2.05, 4.69) is 42.9 Å². The van der Waals surface area contributed by atoms with E-state index < -0.39 is 0 Å². The fourth-order valence-corrected chi connectivity index (χ4v) is 4.45. The van der Waals surface area contributed by atoms with E-state index in [4.69, 9.17) is 4.98 Å². The van der Waals surface area contributed by atoms with Gasteiger partial charge < -0.3 is 0 Å². The number of aromatic nitrogens is 3. The lowest BCUT2D eigenvalue weighted by molar-refractivity contribution is 0.519. The minimum absolute atomic E-state index is 0.103. The van der Waals surface area contributed by atoms with Crippen LogP contribution in [-0.2, 0) is 12.8 Å². The van der Waals surface area contributed by atoms with Gasteiger partial charge in [-0.3, -0.25) is 4.98 Å². The molecule has 33 heavy (non-hydrogen) atoms. The average Bonchev–Trinajstić information content (AvgIpc) is 2.83. The Morgan fingerprint density at radius 3 is 2.33 bits per heavy atom. The van der Waals surface area contributed by atoms with Gasteiger partial charge in [-0.2, -0.15) is 0 Å². The number of rotatable bonds is 13. The Kier molecular flexibility index (Phi) is 9.99. The molecule has 3 aromatic rings. The molecule has 0 aliphatic heterocycles. The van der Waals surface area contributed by atoms with Crippen molar-refractivity contribution >= 4 is 0 Å². The molecular weight excluding hydrogens is 409 g/mol. The van der Waals surface area contributed by atoms with E-state index >= 15 is 0 Å². The summed E-state index contributed by atoms with van der Waals surface area (Å²) in [6.07, 6.45) is 14.4. The summed E-state index contributed by atoms with van der Waals surface area (Å²) in [6, 6.07) is 11.8. The van der Waals surface area contributed by atoms with Crippen molar-refractivity contribution in [3.63, 3.8) is 0 Å². The molecule has 0 aliphatic carbocycles. The molecule has 0 unspecified atom stereocenters. The molecule has 3 rings (SSSR count). The summed E-state index contributed by atoms with van der Waals surface area (Å²) in [5.74, 6) is 0.895. The van der Waals surface area contributed by atoms with E-state index in [0.29, 0.717) is 18.2 Å². The van der Waals surface area contributed by atoms with Gasteiger partial charge in [-0.25, -0.2) is 14.4 Å². The summed E-state index contributed by atoms with van der Waals surface area (Å²) >= 11 is 0. The van der Waals surface area contributed by atoms with Gasteiger partial charge in [0.05, 0.1) is 5.69 Å². The number of nitrogens with zero attached hydrogens (tertiary/aromatic N) is 3. The van der Waals surface area contributed by atoms with Crippen LogP contribution in [0.5, 0.6) is 0 Å². The van der Waals surface area contributed by atoms with Crippen LogP contribution in [0.25, 0.3) is 11.3 Å². The largest absolute Gasteiger partial charge is 0.261 e. The molecule has 0 N–H and O–H groups in total. The van der Waals surface area contributed by atoms with Crippen LogP contribution in [0.2, 0.25) is 0 Å². The van der Waals surface area contributed by atoms with Crippen LogP contribution in [0.3, 0.4) is 0 Å². The van der Waals surface area contributed by atoms with Crippen LogP contribution >= 0.6 is 0 Å². The Bertz CT molecular complexity index is 978. The lowest BCUT2D eigenvalue weighted by Gasteiger charge is -2.17. The maximum atomic E-state index is 14.9. The Labute approximate surface area is 198 Å². The molecule has 0 spiro atoms. The topological polar surface area (TPSA) is 38.7 Å². The van der Waals surface area contributed by atoms with Gasteiger partial charge in [-0.15, -0.1) is 0 Å². The molecular formula is C29H38FN3. The maximum Gasteiger partial charge on any atom is 0.133 e. The van der Waals surface area contributed by atoms with Crippen molar-refractivity contribution in [1.29, 1.82) is 0 Å². The van der Waals surface area contributed by atoms with Crippen molar-refractivity contribution in [2.24, 2.45) is 0 Å². The standard InChI is InChI=1S/C29H38FN3/c1-4-7-8-9-12-25-15-14-24(21-32-25)28-17-18-31-29(33-28)20-22-13-16-26(27(30)19-22)23(10-5-2)11-6-3/h13-19,21,23H,4-12,20H2,1-3H3. The number of hydrogen-bond donors (Lipinski definition) is 0. The van der Waals surface area contributed by atoms with Crippen molar-refractivity contribution in [2.45, 2.75) is 90.9 Å². The monoisotopic (exact) mass is 447 g/mol. The van der Waals surface area contributed by atoms with Crippen molar-refractivity contribution < 1.29 is 4.39 Å². The average molecular weight is 448 g/mol. The smallest absolute Gasteiger partial charge is 0.133 e. The van der Waals surface area contributed by atoms with Crippen LogP contribution < -0.4 is 0 Å². The van der Waals surface area contributed by atoms with Gasteiger partial charge in [0.15, 0.2) is 0 Å². The summed E-state index contributed by atoms with van der Waals surface area (Å²) < 4.78 is 14.9. The molecule has 0 radical (unpaired) electrons. The van der Waals surface area contributed by atoms with Gasteiger partial charge in [-0.05, 0) is 67.0 Å². The number of aryl methyl sites for hydroxylation is 1. The lowest BCUT2D eigenvalue weighted by atomic mass is 9.89. The first kappa shape index (κ1) is 25.0. The first-order valence-electron chi connectivity index (χ1n) is 12.7. The summed E-state index contributed by atoms with van der Waals surface area (Å²) in [7, 11) is 0. The molecule has 3 nitrogen and oxygen atoms in total. The van der Waals surface area contributed by atoms with Crippen molar-refractivity contribution in [2.75, 3.05) is 0 Å². The predicted molar refractivity (Wildman–Crippen MR) is 135 cm³/mol. The fourth-order valence-electron chi connectivity index (χ4n) is 4.45. The third-order valence-electron chi connectivity index (χ3n) is 6.25. The zero-order valence-electron chi connectivity index (χ0n) is 20.5. The molecule has 0 bridgehead atoms. The minimum Gasteiger partial charge on any atom is -0.261 e. The summed E-state index contributed by atoms with van der Waals surface area (Å²) in [4.78, 5) is 13.8. The van der Waals surface area contributed by atoms with E-state index in [1.165, 1.54) is 25.7 Å². The van der Waals surface area contributed by atoms with Crippen LogP contribution in [0.15, 0.2) is 48.8 Å². The quantitative estimate of drug-likeness (QED) is 0.249. The first-order valence-corrected chi connectivity index (χ1v) is 12.7. The lowest BCUT2D eigenvalue weighted by Crippen LogP contribution is -2.04. The zero-order chi connectivity index (χ0) is 23.5. The third kappa shape index (κ3) is 7.45. The highest BCUT2D eigenvalue weighted by Gasteiger charge is 2.15. The molecule has 0 fully saturated rings. The van der Waals surface area contributed by atoms with Gasteiger partial charge in [0.2, 0.25) is 0 Å². The molecule has 0 amide bonds. The van der Waals surface area contributed by atoms with Crippen LogP contribution in [0, 0.1) is 5.82 Å². The SMILES string of the molecule is CCCCCCc1ccc(-c2ccnc(Cc3ccc(C(CCC)CCC)c(F)c3)n2)cn1. The Morgan fingerprint density at radius 2 is 1.67 bits per heavy atom. The second-order valence-electron chi connectivity index (χ2n) is 9.01. The summed E-state index contributed by atoms with van der Waals surface area (Å²) in [5, 5.41) is 0. The summed E-state index contributed by atoms with van der Waals surface area (Å²) in [5.41, 5.74) is 4.72. The molecule has 0 aliphatic rings. The predicted octanol–water partition coefficient (Wildman–Crippen LogP) is 8.08. The van der Waals surface area contributed by atoms with E-state index in [-0.39, 0.29) is 5.82 Å². The number of benzene rings is 1. The number of pyridine rings is 1. The van der Waals surface area contributed by atoms with E-state index in [0.717, 1.165) is 60.2 Å². The molecule has 0 saturated heterocycles. The van der Waals surface area contributed by atoms with Gasteiger partial charge in [0, 0.05) is 30.1 Å². The van der Waals surface area contributed by atoms with Crippen molar-refractivity contribution in [1.82, 2.24) is 15.0 Å². The number of unbranched alkanes of at least 4 members (excludes halogenated alkanes) is 3. The van der Waals surface area contributed by atoms with Gasteiger partial charge in [0.25, 0.3) is 0 Å². The first-order chi connectivity index (χ1) is 16.1. The van der Waals surface area contributed by atoms with Crippen LogP contribution in [0.1, 0.15) is 101 Å². The number of hydrogen-bond acceptors (Lipinski definition) is 3. The van der Waals surface area contributed by atoms with E-state index in [1.807, 2.05) is 24.4 Å². The van der Waals surface area contributed by atoms with Crippen molar-refractivity contribution in [3.8, 4) is 11.3 Å². The molecule has 2 aromatic heterocycles. The molecule has 0 saturated carbocycles. The Hall–Kier alpha value is -2.62. The van der Waals surface area contributed by atoms with Gasteiger partial charge in [0.1, 0.15) is 11.6 Å². The molecule has 0 atom stereocenters. The van der Waals surface area contributed by atoms with Crippen LogP contribution in [0.4, 0.5) is 4.39 Å². The zero-order valence-corrected chi connectivity index (χ0v) is 20.5. The third-order valence-corrected chi connectivity index (χ3v) is 6.25. The van der Waals surface area contributed by atoms with Crippen LogP contribution in [-0.4, -0.2) is 15.0 Å². The molecule has 4 heteroatoms. The Balaban J connectivity index is 1.68. The van der Waals surface area contributed by atoms with Crippen molar-refractivity contribution in [3.05, 3.63) is 77.3 Å². The summed E-state index contributed by atoms with van der Waals surface area (Å²) in [6.45, 7) is 6.55. The fraction of sp³-hybridized carbons (Fsp3) is 0.483. The highest BCUT2D eigenvalue weighted by molar-refractivity contribution is 5.57. The highest BCUT2D eigenvalue weighted by atomic mass is 19.1.